The van der Waals surface area contributed by atoms with Crippen LogP contribution in [0.25, 0.3) is 0 Å². The van der Waals surface area contributed by atoms with Crippen molar-refractivity contribution in [2.45, 2.75) is 25.8 Å². The Kier molecular flexibility index (Phi) is 3.71. The molecule has 1 aliphatic heterocycles. The van der Waals surface area contributed by atoms with Crippen molar-refractivity contribution in [3.05, 3.63) is 28.2 Å². The minimum Gasteiger partial charge on any atom is -0.334 e. The second kappa shape index (κ2) is 5.10. The monoisotopic (exact) mass is 310 g/mol. The maximum atomic E-state index is 12.1. The molecule has 1 aromatic carbocycles. The SMILES string of the molecule is Cc1ccc(NC(=O)C2CCC(=O)N2C)c(Br)c1. The smallest absolute Gasteiger partial charge is 0.247 e. The molecule has 5 heteroatoms. The molecule has 1 aliphatic rings. The number of likely N-dealkylation sites (N-methyl/N-ethyl adjacent to an activating group) is 1. The van der Waals surface area contributed by atoms with E-state index >= 15 is 0 Å². The second-order valence-corrected chi connectivity index (χ2v) is 5.39. The van der Waals surface area contributed by atoms with Crippen molar-refractivity contribution in [1.82, 2.24) is 4.90 Å². The fourth-order valence-corrected chi connectivity index (χ4v) is 2.64. The number of hydrogen-bond donors (Lipinski definition) is 1. The first-order chi connectivity index (χ1) is 8.49. The number of likely N-dealkylation sites (tertiary alicyclic amines) is 1. The molecule has 0 aliphatic carbocycles. The summed E-state index contributed by atoms with van der Waals surface area (Å²) in [7, 11) is 1.67. The van der Waals surface area contributed by atoms with Gasteiger partial charge in [0.15, 0.2) is 0 Å². The van der Waals surface area contributed by atoms with E-state index in [0.29, 0.717) is 12.8 Å². The van der Waals surface area contributed by atoms with Crippen molar-refractivity contribution < 1.29 is 9.59 Å². The number of aryl methyl sites for hydroxylation is 1. The first-order valence-corrected chi connectivity index (χ1v) is 6.61. The van der Waals surface area contributed by atoms with E-state index in [2.05, 4.69) is 21.2 Å². The van der Waals surface area contributed by atoms with E-state index in [-0.39, 0.29) is 17.9 Å². The first-order valence-electron chi connectivity index (χ1n) is 5.81. The average Bonchev–Trinajstić information content (AvgIpc) is 2.64. The van der Waals surface area contributed by atoms with E-state index < -0.39 is 0 Å². The molecule has 96 valence electrons. The second-order valence-electron chi connectivity index (χ2n) is 4.53. The lowest BCUT2D eigenvalue weighted by Gasteiger charge is -2.19. The van der Waals surface area contributed by atoms with E-state index in [9.17, 15) is 9.59 Å². The summed E-state index contributed by atoms with van der Waals surface area (Å²) >= 11 is 3.42. The van der Waals surface area contributed by atoms with Gasteiger partial charge in [0.25, 0.3) is 0 Å². The van der Waals surface area contributed by atoms with E-state index in [1.54, 1.807) is 7.05 Å². The minimum atomic E-state index is -0.356. The lowest BCUT2D eigenvalue weighted by atomic mass is 10.2. The molecular weight excluding hydrogens is 296 g/mol. The third-order valence-electron chi connectivity index (χ3n) is 3.18. The summed E-state index contributed by atoms with van der Waals surface area (Å²) in [6.07, 6.45) is 1.04. The maximum Gasteiger partial charge on any atom is 0.247 e. The summed E-state index contributed by atoms with van der Waals surface area (Å²) in [6, 6.07) is 5.38. The van der Waals surface area contributed by atoms with E-state index in [0.717, 1.165) is 15.7 Å². The van der Waals surface area contributed by atoms with Crippen LogP contribution < -0.4 is 5.32 Å². The number of carbonyl (C=O) groups excluding carboxylic acids is 2. The van der Waals surface area contributed by atoms with Crippen molar-refractivity contribution in [2.24, 2.45) is 0 Å². The van der Waals surface area contributed by atoms with Gasteiger partial charge in [-0.3, -0.25) is 9.59 Å². The number of hydrogen-bond acceptors (Lipinski definition) is 2. The van der Waals surface area contributed by atoms with Gasteiger partial charge in [0.05, 0.1) is 5.69 Å². The van der Waals surface area contributed by atoms with Crippen LogP contribution in [-0.2, 0) is 9.59 Å². The average molecular weight is 311 g/mol. The largest absolute Gasteiger partial charge is 0.334 e. The Balaban J connectivity index is 2.10. The molecule has 1 atom stereocenters. The van der Waals surface area contributed by atoms with Crippen molar-refractivity contribution >= 4 is 33.4 Å². The molecule has 1 unspecified atom stereocenters. The predicted octanol–water partition coefficient (Wildman–Crippen LogP) is 2.32. The van der Waals surface area contributed by atoms with Crippen LogP contribution in [0.4, 0.5) is 5.69 Å². The molecule has 1 heterocycles. The fraction of sp³-hybridized carbons (Fsp3) is 0.385. The predicted molar refractivity (Wildman–Crippen MR) is 73.3 cm³/mol. The normalized spacial score (nSPS) is 19.2. The quantitative estimate of drug-likeness (QED) is 0.911. The summed E-state index contributed by atoms with van der Waals surface area (Å²) in [5.41, 5.74) is 1.85. The number of anilines is 1. The zero-order valence-corrected chi connectivity index (χ0v) is 12.0. The summed E-state index contributed by atoms with van der Waals surface area (Å²) in [5, 5.41) is 2.85. The summed E-state index contributed by atoms with van der Waals surface area (Å²) in [5.74, 6) is -0.106. The molecule has 1 saturated heterocycles. The van der Waals surface area contributed by atoms with E-state index in [4.69, 9.17) is 0 Å². The molecule has 2 amide bonds. The van der Waals surface area contributed by atoms with Crippen LogP contribution in [0, 0.1) is 6.92 Å². The molecule has 1 fully saturated rings. The summed E-state index contributed by atoms with van der Waals surface area (Å²) in [4.78, 5) is 25.0. The van der Waals surface area contributed by atoms with Gasteiger partial charge in [-0.2, -0.15) is 0 Å². The molecular formula is C13H15BrN2O2. The lowest BCUT2D eigenvalue weighted by molar-refractivity contribution is -0.131. The van der Waals surface area contributed by atoms with Gasteiger partial charge >= 0.3 is 0 Å². The highest BCUT2D eigenvalue weighted by Gasteiger charge is 2.33. The summed E-state index contributed by atoms with van der Waals surface area (Å²) < 4.78 is 0.850. The highest BCUT2D eigenvalue weighted by molar-refractivity contribution is 9.10. The maximum absolute atomic E-state index is 12.1. The number of nitrogens with one attached hydrogen (secondary N) is 1. The molecule has 1 N–H and O–H groups in total. The third kappa shape index (κ3) is 2.56. The third-order valence-corrected chi connectivity index (χ3v) is 3.83. The van der Waals surface area contributed by atoms with E-state index in [1.807, 2.05) is 25.1 Å². The zero-order valence-electron chi connectivity index (χ0n) is 10.4. The van der Waals surface area contributed by atoms with Gasteiger partial charge in [-0.1, -0.05) is 6.07 Å². The molecule has 2 rings (SSSR count). The number of benzene rings is 1. The van der Waals surface area contributed by atoms with Gasteiger partial charge in [0, 0.05) is 17.9 Å². The number of carbonyl (C=O) groups is 2. The van der Waals surface area contributed by atoms with Crippen LogP contribution in [0.15, 0.2) is 22.7 Å². The Bertz CT molecular complexity index is 502. The van der Waals surface area contributed by atoms with Crippen molar-refractivity contribution in [3.63, 3.8) is 0 Å². The zero-order chi connectivity index (χ0) is 13.3. The fourth-order valence-electron chi connectivity index (χ4n) is 2.05. The number of amides is 2. The van der Waals surface area contributed by atoms with Gasteiger partial charge < -0.3 is 10.2 Å². The van der Waals surface area contributed by atoms with Crippen molar-refractivity contribution in [2.75, 3.05) is 12.4 Å². The molecule has 0 bridgehead atoms. The molecule has 4 nitrogen and oxygen atoms in total. The Hall–Kier alpha value is -1.36. The highest BCUT2D eigenvalue weighted by atomic mass is 79.9. The van der Waals surface area contributed by atoms with Gasteiger partial charge in [-0.25, -0.2) is 0 Å². The number of halogens is 1. The first kappa shape index (κ1) is 13.1. The molecule has 1 aromatic rings. The van der Waals surface area contributed by atoms with Crippen LogP contribution in [-0.4, -0.2) is 29.8 Å². The van der Waals surface area contributed by atoms with Crippen LogP contribution >= 0.6 is 15.9 Å². The van der Waals surface area contributed by atoms with Crippen LogP contribution in [0.1, 0.15) is 18.4 Å². The Morgan fingerprint density at radius 3 is 2.78 bits per heavy atom. The Morgan fingerprint density at radius 1 is 1.50 bits per heavy atom. The molecule has 0 aromatic heterocycles. The molecule has 0 radical (unpaired) electrons. The Morgan fingerprint density at radius 2 is 2.22 bits per heavy atom. The van der Waals surface area contributed by atoms with Crippen LogP contribution in [0.3, 0.4) is 0 Å². The number of nitrogens with zero attached hydrogens (tertiary/aromatic N) is 1. The standard InChI is InChI=1S/C13H15BrN2O2/c1-8-3-4-10(9(14)7-8)15-13(18)11-5-6-12(17)16(11)2/h3-4,7,11H,5-6H2,1-2H3,(H,15,18). The topological polar surface area (TPSA) is 49.4 Å². The molecule has 0 spiro atoms. The minimum absolute atomic E-state index is 0.0260. The van der Waals surface area contributed by atoms with E-state index in [1.165, 1.54) is 4.90 Å². The number of rotatable bonds is 2. The highest BCUT2D eigenvalue weighted by Crippen LogP contribution is 2.25. The van der Waals surface area contributed by atoms with Gasteiger partial charge in [-0.05, 0) is 47.0 Å². The van der Waals surface area contributed by atoms with Gasteiger partial charge in [-0.15, -0.1) is 0 Å². The lowest BCUT2D eigenvalue weighted by Crippen LogP contribution is -2.38. The molecule has 18 heavy (non-hydrogen) atoms. The van der Waals surface area contributed by atoms with Crippen molar-refractivity contribution in [3.8, 4) is 0 Å². The van der Waals surface area contributed by atoms with Gasteiger partial charge in [0.1, 0.15) is 6.04 Å². The Labute approximate surface area is 114 Å². The summed E-state index contributed by atoms with van der Waals surface area (Å²) in [6.45, 7) is 1.99. The molecule has 0 saturated carbocycles. The van der Waals surface area contributed by atoms with Crippen LogP contribution in [0.2, 0.25) is 0 Å². The van der Waals surface area contributed by atoms with Crippen LogP contribution in [0.5, 0.6) is 0 Å². The van der Waals surface area contributed by atoms with Gasteiger partial charge in [0.2, 0.25) is 11.8 Å². The van der Waals surface area contributed by atoms with Crippen molar-refractivity contribution in [1.29, 1.82) is 0 Å².